The molecular weight excluding hydrogens is 222 g/mol. The summed E-state index contributed by atoms with van der Waals surface area (Å²) in [7, 11) is 0. The van der Waals surface area contributed by atoms with Crippen LogP contribution in [0.5, 0.6) is 0 Å². The summed E-state index contributed by atoms with van der Waals surface area (Å²) < 4.78 is 0. The fourth-order valence-electron chi connectivity index (χ4n) is 2.14. The molecule has 1 heterocycles. The van der Waals surface area contributed by atoms with Gasteiger partial charge in [-0.1, -0.05) is 18.9 Å². The molecule has 1 fully saturated rings. The highest BCUT2D eigenvalue weighted by molar-refractivity contribution is 8.00. The van der Waals surface area contributed by atoms with Crippen LogP contribution in [0.4, 0.5) is 0 Å². The Kier molecular flexibility index (Phi) is 4.12. The number of thiophene rings is 1. The van der Waals surface area contributed by atoms with Crippen molar-refractivity contribution in [3.8, 4) is 0 Å². The number of hydrogen-bond donors (Lipinski definition) is 1. The molecule has 1 aliphatic rings. The van der Waals surface area contributed by atoms with Gasteiger partial charge in [0.25, 0.3) is 0 Å². The van der Waals surface area contributed by atoms with E-state index in [2.05, 4.69) is 36.2 Å². The molecular formula is C12H19NS2. The number of nitrogens with two attached hydrogens (primary N) is 1. The second-order valence-electron chi connectivity index (χ2n) is 4.34. The molecule has 1 aromatic rings. The predicted molar refractivity (Wildman–Crippen MR) is 70.6 cm³/mol. The Labute approximate surface area is 100 Å². The van der Waals surface area contributed by atoms with Gasteiger partial charge < -0.3 is 5.73 Å². The van der Waals surface area contributed by atoms with Gasteiger partial charge in [-0.15, -0.1) is 23.1 Å². The molecule has 1 nitrogen and oxygen atoms in total. The average Bonchev–Trinajstić information content (AvgIpc) is 2.87. The van der Waals surface area contributed by atoms with Gasteiger partial charge in [-0.3, -0.25) is 0 Å². The molecule has 84 valence electrons. The van der Waals surface area contributed by atoms with Gasteiger partial charge in [0, 0.05) is 16.2 Å². The Hall–Kier alpha value is 0.01000. The fraction of sp³-hybridized carbons (Fsp3) is 0.667. The maximum atomic E-state index is 6.09. The van der Waals surface area contributed by atoms with E-state index in [-0.39, 0.29) is 6.04 Å². The van der Waals surface area contributed by atoms with Crippen molar-refractivity contribution in [2.75, 3.05) is 0 Å². The minimum absolute atomic E-state index is 0.259. The molecule has 1 aromatic heterocycles. The third-order valence-corrected chi connectivity index (χ3v) is 5.88. The first-order chi connectivity index (χ1) is 7.27. The third-order valence-electron chi connectivity index (χ3n) is 2.94. The maximum Gasteiger partial charge on any atom is 0.0542 e. The molecule has 0 amide bonds. The van der Waals surface area contributed by atoms with E-state index < -0.39 is 0 Å². The van der Waals surface area contributed by atoms with Crippen molar-refractivity contribution in [3.05, 3.63) is 22.4 Å². The molecule has 0 aliphatic heterocycles. The Balaban J connectivity index is 2.00. The van der Waals surface area contributed by atoms with Crippen LogP contribution >= 0.6 is 23.1 Å². The zero-order chi connectivity index (χ0) is 10.7. The van der Waals surface area contributed by atoms with Gasteiger partial charge in [-0.25, -0.2) is 0 Å². The normalized spacial score (nSPS) is 21.7. The summed E-state index contributed by atoms with van der Waals surface area (Å²) in [6.45, 7) is 2.13. The highest BCUT2D eigenvalue weighted by Crippen LogP contribution is 2.42. The van der Waals surface area contributed by atoms with E-state index in [1.165, 1.54) is 30.6 Å². The molecule has 1 saturated carbocycles. The van der Waals surface area contributed by atoms with Gasteiger partial charge in [0.15, 0.2) is 0 Å². The van der Waals surface area contributed by atoms with Crippen molar-refractivity contribution in [3.63, 3.8) is 0 Å². The summed E-state index contributed by atoms with van der Waals surface area (Å²) in [4.78, 5) is 1.45. The minimum Gasteiger partial charge on any atom is -0.327 e. The molecule has 2 atom stereocenters. The lowest BCUT2D eigenvalue weighted by atomic mass is 10.2. The van der Waals surface area contributed by atoms with Crippen molar-refractivity contribution < 1.29 is 0 Å². The largest absolute Gasteiger partial charge is 0.327 e. The molecule has 0 radical (unpaired) electrons. The van der Waals surface area contributed by atoms with Crippen LogP contribution in [0.3, 0.4) is 0 Å². The van der Waals surface area contributed by atoms with Crippen LogP contribution in [-0.4, -0.2) is 11.3 Å². The lowest BCUT2D eigenvalue weighted by Crippen LogP contribution is -2.23. The predicted octanol–water partition coefficient (Wildman–Crippen LogP) is 3.81. The van der Waals surface area contributed by atoms with Crippen LogP contribution in [0, 0.1) is 0 Å². The smallest absolute Gasteiger partial charge is 0.0542 e. The highest BCUT2D eigenvalue weighted by atomic mass is 32.2. The van der Waals surface area contributed by atoms with Gasteiger partial charge in [0.1, 0.15) is 0 Å². The monoisotopic (exact) mass is 241 g/mol. The topological polar surface area (TPSA) is 26.0 Å². The summed E-state index contributed by atoms with van der Waals surface area (Å²) in [5.74, 6) is 0. The number of thioether (sulfide) groups is 1. The summed E-state index contributed by atoms with van der Waals surface area (Å²) in [5.41, 5.74) is 6.09. The van der Waals surface area contributed by atoms with Gasteiger partial charge in [0.05, 0.1) is 5.25 Å². The van der Waals surface area contributed by atoms with Crippen molar-refractivity contribution in [1.29, 1.82) is 0 Å². The summed E-state index contributed by atoms with van der Waals surface area (Å²) in [5, 5.41) is 3.51. The summed E-state index contributed by atoms with van der Waals surface area (Å²) in [6.07, 6.45) is 5.60. The fourth-order valence-corrected chi connectivity index (χ4v) is 4.77. The van der Waals surface area contributed by atoms with E-state index in [0.29, 0.717) is 5.25 Å². The molecule has 3 heteroatoms. The van der Waals surface area contributed by atoms with Gasteiger partial charge in [-0.05, 0) is 31.2 Å². The number of hydrogen-bond acceptors (Lipinski definition) is 3. The molecule has 0 saturated heterocycles. The molecule has 0 spiro atoms. The molecule has 1 aliphatic carbocycles. The molecule has 15 heavy (non-hydrogen) atoms. The summed E-state index contributed by atoms with van der Waals surface area (Å²) in [6, 6.07) is 4.61. The van der Waals surface area contributed by atoms with Crippen LogP contribution in [0.15, 0.2) is 17.5 Å². The first-order valence-electron chi connectivity index (χ1n) is 5.72. The van der Waals surface area contributed by atoms with E-state index in [1.807, 2.05) is 11.3 Å². The number of rotatable bonds is 4. The van der Waals surface area contributed by atoms with Crippen LogP contribution in [0.25, 0.3) is 0 Å². The van der Waals surface area contributed by atoms with Crippen LogP contribution in [-0.2, 0) is 0 Å². The van der Waals surface area contributed by atoms with Crippen molar-refractivity contribution >= 4 is 23.1 Å². The summed E-state index contributed by atoms with van der Waals surface area (Å²) >= 11 is 3.95. The third kappa shape index (κ3) is 2.99. The van der Waals surface area contributed by atoms with Crippen LogP contribution in [0.1, 0.15) is 42.7 Å². The minimum atomic E-state index is 0.259. The second-order valence-corrected chi connectivity index (χ2v) is 6.76. The van der Waals surface area contributed by atoms with E-state index in [9.17, 15) is 0 Å². The lowest BCUT2D eigenvalue weighted by Gasteiger charge is -2.22. The van der Waals surface area contributed by atoms with Crippen molar-refractivity contribution in [2.24, 2.45) is 5.73 Å². The van der Waals surface area contributed by atoms with E-state index in [0.717, 1.165) is 5.25 Å². The second kappa shape index (κ2) is 5.37. The van der Waals surface area contributed by atoms with Gasteiger partial charge in [0.2, 0.25) is 0 Å². The van der Waals surface area contributed by atoms with Crippen molar-refractivity contribution in [1.82, 2.24) is 0 Å². The van der Waals surface area contributed by atoms with Gasteiger partial charge >= 0.3 is 0 Å². The van der Waals surface area contributed by atoms with E-state index >= 15 is 0 Å². The Morgan fingerprint density at radius 2 is 2.20 bits per heavy atom. The Morgan fingerprint density at radius 1 is 1.47 bits per heavy atom. The molecule has 2 N–H and O–H groups in total. The average molecular weight is 241 g/mol. The highest BCUT2D eigenvalue weighted by Gasteiger charge is 2.24. The van der Waals surface area contributed by atoms with E-state index in [1.54, 1.807) is 0 Å². The van der Waals surface area contributed by atoms with E-state index in [4.69, 9.17) is 5.73 Å². The first kappa shape index (κ1) is 11.5. The SMILES string of the molecule is CC(N)C(SC1CCCC1)c1cccs1. The van der Waals surface area contributed by atoms with Crippen LogP contribution < -0.4 is 5.73 Å². The standard InChI is InChI=1S/C12H19NS2/c1-9(13)12(11-7-4-8-14-11)15-10-5-2-3-6-10/h4,7-10,12H,2-3,5-6,13H2,1H3. The van der Waals surface area contributed by atoms with Gasteiger partial charge in [-0.2, -0.15) is 0 Å². The lowest BCUT2D eigenvalue weighted by molar-refractivity contribution is 0.723. The molecule has 2 rings (SSSR count). The van der Waals surface area contributed by atoms with Crippen molar-refractivity contribution in [2.45, 2.75) is 49.1 Å². The molecule has 2 unspecified atom stereocenters. The maximum absolute atomic E-state index is 6.09. The van der Waals surface area contributed by atoms with Crippen LogP contribution in [0.2, 0.25) is 0 Å². The Morgan fingerprint density at radius 3 is 2.73 bits per heavy atom. The molecule has 0 bridgehead atoms. The zero-order valence-electron chi connectivity index (χ0n) is 9.19. The quantitative estimate of drug-likeness (QED) is 0.867. The molecule has 0 aromatic carbocycles. The first-order valence-corrected chi connectivity index (χ1v) is 7.54. The Bertz CT molecular complexity index is 276. The zero-order valence-corrected chi connectivity index (χ0v) is 10.8.